The van der Waals surface area contributed by atoms with Gasteiger partial charge in [-0.1, -0.05) is 12.1 Å². The topological polar surface area (TPSA) is 38.2 Å². The molecule has 0 aliphatic carbocycles. The first-order chi connectivity index (χ1) is 10.3. The molecule has 2 atom stereocenters. The van der Waals surface area contributed by atoms with Crippen molar-refractivity contribution in [2.45, 2.75) is 32.2 Å². The van der Waals surface area contributed by atoms with Gasteiger partial charge in [0, 0.05) is 18.5 Å². The van der Waals surface area contributed by atoms with E-state index in [1.54, 1.807) is 24.3 Å². The number of nitrogens with zero attached hydrogens (tertiary/aromatic N) is 3. The summed E-state index contributed by atoms with van der Waals surface area (Å²) in [5.41, 5.74) is 0.298. The van der Waals surface area contributed by atoms with Gasteiger partial charge in [-0.3, -0.25) is 0 Å². The molecule has 1 aromatic heterocycles. The molecule has 1 aliphatic rings. The van der Waals surface area contributed by atoms with Gasteiger partial charge in [0.15, 0.2) is 0 Å². The molecule has 0 bridgehead atoms. The highest BCUT2D eigenvalue weighted by Crippen LogP contribution is 2.32. The Kier molecular flexibility index (Phi) is 3.68. The Morgan fingerprint density at radius 1 is 1.09 bits per heavy atom. The summed E-state index contributed by atoms with van der Waals surface area (Å²) >= 11 is 0. The summed E-state index contributed by atoms with van der Waals surface area (Å²) in [4.78, 5) is 9.29. The minimum atomic E-state index is -4.57. The summed E-state index contributed by atoms with van der Waals surface area (Å²) in [5, 5.41) is 0.622. The van der Waals surface area contributed by atoms with E-state index < -0.39 is 12.0 Å². The fourth-order valence-electron chi connectivity index (χ4n) is 2.78. The second kappa shape index (κ2) is 5.39. The van der Waals surface area contributed by atoms with Gasteiger partial charge < -0.3 is 9.64 Å². The Balaban J connectivity index is 2.14. The molecule has 118 valence electrons. The van der Waals surface area contributed by atoms with Gasteiger partial charge in [-0.05, 0) is 26.0 Å². The third-order valence-corrected chi connectivity index (χ3v) is 3.56. The van der Waals surface area contributed by atoms with Crippen molar-refractivity contribution in [2.24, 2.45) is 0 Å². The van der Waals surface area contributed by atoms with E-state index in [0.717, 1.165) is 0 Å². The van der Waals surface area contributed by atoms with Gasteiger partial charge in [0.2, 0.25) is 5.82 Å². The molecule has 1 aromatic carbocycles. The van der Waals surface area contributed by atoms with Crippen molar-refractivity contribution in [1.29, 1.82) is 0 Å². The highest BCUT2D eigenvalue weighted by atomic mass is 19.4. The second-order valence-electron chi connectivity index (χ2n) is 5.55. The lowest BCUT2D eigenvalue weighted by atomic mass is 10.2. The van der Waals surface area contributed by atoms with Crippen LogP contribution in [0.15, 0.2) is 24.3 Å². The van der Waals surface area contributed by atoms with Crippen LogP contribution in [-0.4, -0.2) is 35.3 Å². The molecule has 2 unspecified atom stereocenters. The molecule has 4 nitrogen and oxygen atoms in total. The maximum absolute atomic E-state index is 13.0. The van der Waals surface area contributed by atoms with Crippen LogP contribution in [0.1, 0.15) is 19.7 Å². The van der Waals surface area contributed by atoms with E-state index in [-0.39, 0.29) is 12.2 Å². The molecule has 2 heterocycles. The summed E-state index contributed by atoms with van der Waals surface area (Å²) in [6.07, 6.45) is -4.69. The maximum Gasteiger partial charge on any atom is 0.451 e. The van der Waals surface area contributed by atoms with Crippen LogP contribution in [0.4, 0.5) is 19.0 Å². The summed E-state index contributed by atoms with van der Waals surface area (Å²) < 4.78 is 44.8. The molecule has 1 fully saturated rings. The number of para-hydroxylation sites is 1. The minimum absolute atomic E-state index is 0.0631. The number of alkyl halides is 3. The molecule has 0 amide bonds. The zero-order chi connectivity index (χ0) is 15.9. The molecule has 0 N–H and O–H groups in total. The summed E-state index contributed by atoms with van der Waals surface area (Å²) in [5.74, 6) is -0.784. The lowest BCUT2D eigenvalue weighted by Gasteiger charge is -2.36. The van der Waals surface area contributed by atoms with E-state index in [4.69, 9.17) is 4.74 Å². The van der Waals surface area contributed by atoms with Crippen molar-refractivity contribution < 1.29 is 17.9 Å². The minimum Gasteiger partial charge on any atom is -0.372 e. The smallest absolute Gasteiger partial charge is 0.372 e. The molecule has 2 aromatic rings. The van der Waals surface area contributed by atoms with Gasteiger partial charge in [-0.25, -0.2) is 9.97 Å². The Hall–Kier alpha value is -1.89. The highest BCUT2D eigenvalue weighted by Gasteiger charge is 2.36. The fourth-order valence-corrected chi connectivity index (χ4v) is 2.78. The molecule has 1 saturated heterocycles. The van der Waals surface area contributed by atoms with Crippen molar-refractivity contribution in [1.82, 2.24) is 9.97 Å². The van der Waals surface area contributed by atoms with E-state index >= 15 is 0 Å². The Morgan fingerprint density at radius 2 is 1.73 bits per heavy atom. The Morgan fingerprint density at radius 3 is 2.36 bits per heavy atom. The van der Waals surface area contributed by atoms with Crippen LogP contribution >= 0.6 is 0 Å². The van der Waals surface area contributed by atoms with Gasteiger partial charge in [-0.2, -0.15) is 13.2 Å². The predicted octanol–water partition coefficient (Wildman–Crippen LogP) is 3.26. The molecule has 0 radical (unpaired) electrons. The number of ether oxygens (including phenoxy) is 1. The van der Waals surface area contributed by atoms with Gasteiger partial charge in [0.25, 0.3) is 0 Å². The standard InChI is InChI=1S/C15H16F3N3O/c1-9-7-21(8-10(2)22-9)13-11-5-3-4-6-12(11)19-14(20-13)15(16,17)18/h3-6,9-10H,7-8H2,1-2H3. The maximum atomic E-state index is 13.0. The van der Waals surface area contributed by atoms with Crippen LogP contribution in [0.25, 0.3) is 10.9 Å². The molecular weight excluding hydrogens is 295 g/mol. The number of hydrogen-bond donors (Lipinski definition) is 0. The number of aromatic nitrogens is 2. The average Bonchev–Trinajstić information content (AvgIpc) is 2.44. The predicted molar refractivity (Wildman–Crippen MR) is 76.8 cm³/mol. The van der Waals surface area contributed by atoms with Crippen LogP contribution < -0.4 is 4.90 Å². The van der Waals surface area contributed by atoms with Crippen LogP contribution in [0.5, 0.6) is 0 Å². The van der Waals surface area contributed by atoms with Crippen molar-refractivity contribution in [3.8, 4) is 0 Å². The zero-order valence-corrected chi connectivity index (χ0v) is 12.3. The molecular formula is C15H16F3N3O. The normalized spacial score (nSPS) is 23.0. The fraction of sp³-hybridized carbons (Fsp3) is 0.467. The summed E-state index contributed by atoms with van der Waals surface area (Å²) in [6, 6.07) is 6.76. The number of morpholine rings is 1. The number of rotatable bonds is 1. The first-order valence-corrected chi connectivity index (χ1v) is 7.09. The molecule has 0 saturated carbocycles. The molecule has 7 heteroatoms. The molecule has 0 spiro atoms. The van der Waals surface area contributed by atoms with Crippen LogP contribution in [0.2, 0.25) is 0 Å². The van der Waals surface area contributed by atoms with E-state index in [9.17, 15) is 13.2 Å². The van der Waals surface area contributed by atoms with Crippen molar-refractivity contribution >= 4 is 16.7 Å². The quantitative estimate of drug-likeness (QED) is 0.810. The first kappa shape index (κ1) is 15.0. The number of benzene rings is 1. The van der Waals surface area contributed by atoms with E-state index in [0.29, 0.717) is 29.8 Å². The lowest BCUT2D eigenvalue weighted by molar-refractivity contribution is -0.144. The summed E-state index contributed by atoms with van der Waals surface area (Å²) in [6.45, 7) is 4.80. The number of halogens is 3. The number of fused-ring (bicyclic) bond motifs is 1. The van der Waals surface area contributed by atoms with E-state index in [1.165, 1.54) is 0 Å². The van der Waals surface area contributed by atoms with Gasteiger partial charge in [0.1, 0.15) is 5.82 Å². The Labute approximate surface area is 125 Å². The molecule has 3 rings (SSSR count). The SMILES string of the molecule is CC1CN(c2nc(C(F)(F)F)nc3ccccc23)CC(C)O1. The first-order valence-electron chi connectivity index (χ1n) is 7.09. The van der Waals surface area contributed by atoms with E-state index in [1.807, 2.05) is 18.7 Å². The largest absolute Gasteiger partial charge is 0.451 e. The van der Waals surface area contributed by atoms with Crippen molar-refractivity contribution in [3.63, 3.8) is 0 Å². The van der Waals surface area contributed by atoms with Crippen molar-refractivity contribution in [2.75, 3.05) is 18.0 Å². The second-order valence-corrected chi connectivity index (χ2v) is 5.55. The average molecular weight is 311 g/mol. The zero-order valence-electron chi connectivity index (χ0n) is 12.3. The number of anilines is 1. The van der Waals surface area contributed by atoms with E-state index in [2.05, 4.69) is 9.97 Å². The molecule has 22 heavy (non-hydrogen) atoms. The third-order valence-electron chi connectivity index (χ3n) is 3.56. The highest BCUT2D eigenvalue weighted by molar-refractivity contribution is 5.89. The van der Waals surface area contributed by atoms with Crippen LogP contribution in [0, 0.1) is 0 Å². The monoisotopic (exact) mass is 311 g/mol. The van der Waals surface area contributed by atoms with Crippen molar-refractivity contribution in [3.05, 3.63) is 30.1 Å². The Bertz CT molecular complexity index is 679. The third kappa shape index (κ3) is 2.85. The van der Waals surface area contributed by atoms with Crippen LogP contribution in [0.3, 0.4) is 0 Å². The summed E-state index contributed by atoms with van der Waals surface area (Å²) in [7, 11) is 0. The van der Waals surface area contributed by atoms with Gasteiger partial charge in [0.05, 0.1) is 17.7 Å². The van der Waals surface area contributed by atoms with Gasteiger partial charge >= 0.3 is 6.18 Å². The number of hydrogen-bond acceptors (Lipinski definition) is 4. The lowest BCUT2D eigenvalue weighted by Crippen LogP contribution is -2.46. The van der Waals surface area contributed by atoms with Crippen LogP contribution in [-0.2, 0) is 10.9 Å². The molecule has 1 aliphatic heterocycles. The van der Waals surface area contributed by atoms with Gasteiger partial charge in [-0.15, -0.1) is 0 Å².